The van der Waals surface area contributed by atoms with E-state index in [0.29, 0.717) is 43.1 Å². The molecule has 1 fully saturated rings. The zero-order valence-corrected chi connectivity index (χ0v) is 20.9. The molecule has 0 aromatic heterocycles. The van der Waals surface area contributed by atoms with Gasteiger partial charge in [-0.15, -0.1) is 0 Å². The first-order valence-electron chi connectivity index (χ1n) is 11.5. The molecule has 8 heteroatoms. The van der Waals surface area contributed by atoms with E-state index in [4.69, 9.17) is 4.74 Å². The smallest absolute Gasteiger partial charge is 0.330 e. The summed E-state index contributed by atoms with van der Waals surface area (Å²) < 4.78 is 32.9. The number of anilines is 1. The second-order valence-electron chi connectivity index (χ2n) is 8.60. The standard InChI is InChI=1S/C26H32N2O5S/c1-5-33-24(29)11-8-21-6-9-23(10-7-21)27-26(30)22-12-14-28(15-13-22)34(31,32)25-19(3)16-18(2)17-20(25)4/h6-11,16-17,22H,5,12-15H2,1-4H3,(H,27,30). The number of carbonyl (C=O) groups excluding carboxylic acids is 2. The number of aryl methyl sites for hydroxylation is 3. The quantitative estimate of drug-likeness (QED) is 0.469. The Morgan fingerprint density at radius 3 is 2.21 bits per heavy atom. The molecular weight excluding hydrogens is 452 g/mol. The van der Waals surface area contributed by atoms with Crippen LogP contribution in [0.2, 0.25) is 0 Å². The van der Waals surface area contributed by atoms with Gasteiger partial charge < -0.3 is 10.1 Å². The Balaban J connectivity index is 1.58. The summed E-state index contributed by atoms with van der Waals surface area (Å²) >= 11 is 0. The van der Waals surface area contributed by atoms with Gasteiger partial charge in [0, 0.05) is 30.8 Å². The van der Waals surface area contributed by atoms with Crippen molar-refractivity contribution in [2.45, 2.75) is 45.4 Å². The SMILES string of the molecule is CCOC(=O)C=Cc1ccc(NC(=O)C2CCN(S(=O)(=O)c3c(C)cc(C)cc3C)CC2)cc1. The summed E-state index contributed by atoms with van der Waals surface area (Å²) in [7, 11) is -3.61. The molecule has 1 saturated heterocycles. The van der Waals surface area contributed by atoms with Gasteiger partial charge in [0.05, 0.1) is 11.5 Å². The van der Waals surface area contributed by atoms with Crippen molar-refractivity contribution in [3.8, 4) is 0 Å². The van der Waals surface area contributed by atoms with Crippen molar-refractivity contribution in [2.24, 2.45) is 5.92 Å². The van der Waals surface area contributed by atoms with E-state index in [1.165, 1.54) is 10.4 Å². The molecule has 1 N–H and O–H groups in total. The number of nitrogens with zero attached hydrogens (tertiary/aromatic N) is 1. The topological polar surface area (TPSA) is 92.8 Å². The maximum atomic E-state index is 13.3. The highest BCUT2D eigenvalue weighted by Crippen LogP contribution is 2.29. The Bertz CT molecular complexity index is 1160. The predicted octanol–water partition coefficient (Wildman–Crippen LogP) is 4.23. The molecule has 0 unspecified atom stereocenters. The van der Waals surface area contributed by atoms with E-state index in [0.717, 1.165) is 22.3 Å². The average molecular weight is 485 g/mol. The van der Waals surface area contributed by atoms with E-state index >= 15 is 0 Å². The van der Waals surface area contributed by atoms with Gasteiger partial charge in [-0.05, 0) is 75.4 Å². The number of piperidine rings is 1. The number of amides is 1. The molecule has 0 aliphatic carbocycles. The van der Waals surface area contributed by atoms with Crippen LogP contribution in [-0.2, 0) is 24.3 Å². The van der Waals surface area contributed by atoms with Crippen molar-refractivity contribution in [1.82, 2.24) is 4.31 Å². The third-order valence-electron chi connectivity index (χ3n) is 5.90. The maximum Gasteiger partial charge on any atom is 0.330 e. The average Bonchev–Trinajstić information content (AvgIpc) is 2.78. The van der Waals surface area contributed by atoms with Crippen molar-refractivity contribution in [3.63, 3.8) is 0 Å². The molecule has 1 aliphatic heterocycles. The van der Waals surface area contributed by atoms with Crippen molar-refractivity contribution in [3.05, 3.63) is 64.7 Å². The van der Waals surface area contributed by atoms with Crippen molar-refractivity contribution < 1.29 is 22.7 Å². The summed E-state index contributed by atoms with van der Waals surface area (Å²) in [6.07, 6.45) is 3.94. The molecule has 0 saturated carbocycles. The number of esters is 1. The monoisotopic (exact) mass is 484 g/mol. The Hall–Kier alpha value is -2.97. The third-order valence-corrected chi connectivity index (χ3v) is 8.11. The fourth-order valence-electron chi connectivity index (χ4n) is 4.34. The van der Waals surface area contributed by atoms with Crippen LogP contribution in [0.4, 0.5) is 5.69 Å². The number of hydrogen-bond acceptors (Lipinski definition) is 5. The molecule has 0 atom stereocenters. The first kappa shape index (κ1) is 25.6. The van der Waals surface area contributed by atoms with Gasteiger partial charge in [0.2, 0.25) is 15.9 Å². The normalized spacial score (nSPS) is 15.4. The van der Waals surface area contributed by atoms with Crippen molar-refractivity contribution in [2.75, 3.05) is 25.0 Å². The van der Waals surface area contributed by atoms with Gasteiger partial charge in [0.1, 0.15) is 0 Å². The van der Waals surface area contributed by atoms with Crippen LogP contribution < -0.4 is 5.32 Å². The zero-order chi connectivity index (χ0) is 24.9. The lowest BCUT2D eigenvalue weighted by molar-refractivity contribution is -0.137. The van der Waals surface area contributed by atoms with E-state index in [1.807, 2.05) is 32.9 Å². The van der Waals surface area contributed by atoms with Crippen LogP contribution >= 0.6 is 0 Å². The largest absolute Gasteiger partial charge is 0.463 e. The molecule has 1 heterocycles. The second-order valence-corrected chi connectivity index (χ2v) is 10.5. The van der Waals surface area contributed by atoms with Gasteiger partial charge in [-0.2, -0.15) is 4.31 Å². The fraction of sp³-hybridized carbons (Fsp3) is 0.385. The number of ether oxygens (including phenoxy) is 1. The van der Waals surface area contributed by atoms with E-state index in [2.05, 4.69) is 5.32 Å². The lowest BCUT2D eigenvalue weighted by Gasteiger charge is -2.31. The molecule has 34 heavy (non-hydrogen) atoms. The Morgan fingerprint density at radius 2 is 1.65 bits per heavy atom. The van der Waals surface area contributed by atoms with E-state index in [9.17, 15) is 18.0 Å². The molecule has 2 aromatic carbocycles. The minimum absolute atomic E-state index is 0.116. The van der Waals surface area contributed by atoms with Crippen LogP contribution in [0, 0.1) is 26.7 Å². The Labute approximate surface area is 201 Å². The number of rotatable bonds is 7. The van der Waals surface area contributed by atoms with E-state index in [1.54, 1.807) is 37.3 Å². The van der Waals surface area contributed by atoms with E-state index < -0.39 is 16.0 Å². The molecular formula is C26H32N2O5S. The number of nitrogens with one attached hydrogen (secondary N) is 1. The number of benzene rings is 2. The molecule has 3 rings (SSSR count). The van der Waals surface area contributed by atoms with Crippen LogP contribution in [0.25, 0.3) is 6.08 Å². The number of sulfonamides is 1. The summed E-state index contributed by atoms with van der Waals surface area (Å²) in [4.78, 5) is 24.5. The first-order valence-corrected chi connectivity index (χ1v) is 12.9. The third kappa shape index (κ3) is 6.12. The minimum atomic E-state index is -3.61. The highest BCUT2D eigenvalue weighted by atomic mass is 32.2. The number of hydrogen-bond donors (Lipinski definition) is 1. The van der Waals surface area contributed by atoms with Crippen molar-refractivity contribution >= 4 is 33.7 Å². The number of carbonyl (C=O) groups is 2. The fourth-order valence-corrected chi connectivity index (χ4v) is 6.22. The highest BCUT2D eigenvalue weighted by molar-refractivity contribution is 7.89. The van der Waals surface area contributed by atoms with E-state index in [-0.39, 0.29) is 11.8 Å². The second kappa shape index (κ2) is 11.0. The maximum absolute atomic E-state index is 13.3. The van der Waals surface area contributed by atoms with Crippen molar-refractivity contribution in [1.29, 1.82) is 0 Å². The van der Waals surface area contributed by atoms with Crippen LogP contribution in [0.3, 0.4) is 0 Å². The summed E-state index contributed by atoms with van der Waals surface area (Å²) in [6.45, 7) is 8.29. The Morgan fingerprint density at radius 1 is 1.06 bits per heavy atom. The van der Waals surface area contributed by atoms with Gasteiger partial charge in [0.25, 0.3) is 0 Å². The van der Waals surface area contributed by atoms with Gasteiger partial charge >= 0.3 is 5.97 Å². The molecule has 2 aromatic rings. The molecule has 182 valence electrons. The summed E-state index contributed by atoms with van der Waals surface area (Å²) in [5, 5.41) is 2.91. The molecule has 0 bridgehead atoms. The van der Waals surface area contributed by atoms with Gasteiger partial charge in [-0.3, -0.25) is 4.79 Å². The van der Waals surface area contributed by atoms with Crippen LogP contribution in [0.5, 0.6) is 0 Å². The molecule has 1 aliphatic rings. The highest BCUT2D eigenvalue weighted by Gasteiger charge is 2.33. The first-order chi connectivity index (χ1) is 16.1. The summed E-state index contributed by atoms with van der Waals surface area (Å²) in [5.41, 5.74) is 3.99. The van der Waals surface area contributed by atoms with Crippen LogP contribution in [0.15, 0.2) is 47.4 Å². The zero-order valence-electron chi connectivity index (χ0n) is 20.1. The molecule has 0 spiro atoms. The predicted molar refractivity (Wildman–Crippen MR) is 133 cm³/mol. The molecule has 0 radical (unpaired) electrons. The molecule has 7 nitrogen and oxygen atoms in total. The van der Waals surface area contributed by atoms with Gasteiger partial charge in [0.15, 0.2) is 0 Å². The Kier molecular flexibility index (Phi) is 8.28. The summed E-state index contributed by atoms with van der Waals surface area (Å²) in [5.74, 6) is -0.773. The summed E-state index contributed by atoms with van der Waals surface area (Å²) in [6, 6.07) is 10.9. The lowest BCUT2D eigenvalue weighted by atomic mass is 9.97. The lowest BCUT2D eigenvalue weighted by Crippen LogP contribution is -2.41. The van der Waals surface area contributed by atoms with Crippen LogP contribution in [-0.4, -0.2) is 44.3 Å². The van der Waals surface area contributed by atoms with Gasteiger partial charge in [-0.1, -0.05) is 29.8 Å². The van der Waals surface area contributed by atoms with Crippen LogP contribution in [0.1, 0.15) is 42.0 Å². The minimum Gasteiger partial charge on any atom is -0.463 e. The molecule has 1 amide bonds. The van der Waals surface area contributed by atoms with Gasteiger partial charge in [-0.25, -0.2) is 13.2 Å².